The Balaban J connectivity index is 2.56. The van der Waals surface area contributed by atoms with Crippen LogP contribution in [0.2, 0.25) is 0 Å². The quantitative estimate of drug-likeness (QED) is 0.402. The van der Waals surface area contributed by atoms with E-state index in [4.69, 9.17) is 5.73 Å². The summed E-state index contributed by atoms with van der Waals surface area (Å²) in [5, 5.41) is 16.1. The van der Waals surface area contributed by atoms with Crippen molar-refractivity contribution < 1.29 is 24.3 Å². The first-order valence-corrected chi connectivity index (χ1v) is 9.57. The van der Waals surface area contributed by atoms with Crippen molar-refractivity contribution in [2.45, 2.75) is 63.6 Å². The van der Waals surface area contributed by atoms with E-state index < -0.39 is 47.7 Å². The van der Waals surface area contributed by atoms with E-state index >= 15 is 0 Å². The van der Waals surface area contributed by atoms with Gasteiger partial charge in [0.15, 0.2) is 5.78 Å². The van der Waals surface area contributed by atoms with Crippen molar-refractivity contribution in [3.8, 4) is 0 Å². The lowest BCUT2D eigenvalue weighted by atomic mass is 9.79. The molecule has 2 aliphatic rings. The minimum absolute atomic E-state index is 0.149. The number of rotatable bonds is 8. The maximum atomic E-state index is 13.4. The standard InChI is InChI=1S/C18H30N4O5/c1-11(2)9-18(17(26)27,15(24)12-5-3-7-20-12)22(14(23)10-19)16(25)13-6-4-8-21-13/h11-13,20-21H,3-10,19H2,1-2H3,(H,26,27). The zero-order valence-electron chi connectivity index (χ0n) is 16.0. The maximum absolute atomic E-state index is 13.4. The minimum Gasteiger partial charge on any atom is -0.479 e. The molecule has 3 unspecified atom stereocenters. The Labute approximate surface area is 159 Å². The molecule has 9 heteroatoms. The zero-order chi connectivity index (χ0) is 20.2. The highest BCUT2D eigenvalue weighted by molar-refractivity contribution is 6.17. The van der Waals surface area contributed by atoms with Gasteiger partial charge in [-0.1, -0.05) is 13.8 Å². The highest BCUT2D eigenvalue weighted by Gasteiger charge is 2.58. The summed E-state index contributed by atoms with van der Waals surface area (Å²) in [6.45, 7) is 4.17. The average Bonchev–Trinajstić information content (AvgIpc) is 3.32. The van der Waals surface area contributed by atoms with Gasteiger partial charge in [0, 0.05) is 0 Å². The SMILES string of the molecule is CC(C)CC(C(=O)O)(C(=O)C1CCCN1)N(C(=O)CN)C(=O)C1CCCN1. The van der Waals surface area contributed by atoms with Crippen LogP contribution >= 0.6 is 0 Å². The monoisotopic (exact) mass is 382 g/mol. The molecule has 0 spiro atoms. The fourth-order valence-electron chi connectivity index (χ4n) is 4.04. The molecule has 2 saturated heterocycles. The van der Waals surface area contributed by atoms with Crippen LogP contribution in [0, 0.1) is 5.92 Å². The van der Waals surface area contributed by atoms with Crippen LogP contribution in [0.3, 0.4) is 0 Å². The number of hydrogen-bond donors (Lipinski definition) is 4. The summed E-state index contributed by atoms with van der Waals surface area (Å²) in [4.78, 5) is 52.3. The fourth-order valence-corrected chi connectivity index (χ4v) is 4.04. The smallest absolute Gasteiger partial charge is 0.338 e. The summed E-state index contributed by atoms with van der Waals surface area (Å²) >= 11 is 0. The molecule has 0 aromatic rings. The van der Waals surface area contributed by atoms with Crippen molar-refractivity contribution >= 4 is 23.6 Å². The van der Waals surface area contributed by atoms with Gasteiger partial charge < -0.3 is 21.5 Å². The molecular formula is C18H30N4O5. The number of carbonyl (C=O) groups excluding carboxylic acids is 3. The number of carboxylic acid groups (broad SMARTS) is 1. The van der Waals surface area contributed by atoms with Crippen LogP contribution in [-0.4, -0.2) is 70.8 Å². The van der Waals surface area contributed by atoms with Gasteiger partial charge in [0.1, 0.15) is 0 Å². The van der Waals surface area contributed by atoms with E-state index in [9.17, 15) is 24.3 Å². The number of imide groups is 1. The summed E-state index contributed by atoms with van der Waals surface area (Å²) in [6, 6.07) is -1.38. The molecule has 2 fully saturated rings. The van der Waals surface area contributed by atoms with E-state index in [1.165, 1.54) is 0 Å². The Bertz CT molecular complexity index is 597. The van der Waals surface area contributed by atoms with E-state index in [1.807, 2.05) is 0 Å². The number of nitrogens with one attached hydrogen (secondary N) is 2. The molecule has 2 amide bonds. The van der Waals surface area contributed by atoms with Crippen molar-refractivity contribution in [3.05, 3.63) is 0 Å². The number of aliphatic carboxylic acids is 1. The fraction of sp³-hybridized carbons (Fsp3) is 0.778. The molecule has 5 N–H and O–H groups in total. The molecule has 0 bridgehead atoms. The Morgan fingerprint density at radius 3 is 2.07 bits per heavy atom. The van der Waals surface area contributed by atoms with Gasteiger partial charge in [0.05, 0.1) is 18.6 Å². The Morgan fingerprint density at radius 1 is 1.11 bits per heavy atom. The van der Waals surface area contributed by atoms with Crippen LogP contribution in [-0.2, 0) is 19.2 Å². The molecule has 0 aliphatic carbocycles. The first kappa shape index (κ1) is 21.5. The second-order valence-corrected chi connectivity index (χ2v) is 7.70. The van der Waals surface area contributed by atoms with E-state index in [1.54, 1.807) is 13.8 Å². The predicted octanol–water partition coefficient (Wildman–Crippen LogP) is -0.757. The summed E-state index contributed by atoms with van der Waals surface area (Å²) in [6.07, 6.45) is 2.29. The average molecular weight is 382 g/mol. The Kier molecular flexibility index (Phi) is 7.07. The highest BCUT2D eigenvalue weighted by atomic mass is 16.4. The highest BCUT2D eigenvalue weighted by Crippen LogP contribution is 2.31. The van der Waals surface area contributed by atoms with Crippen molar-refractivity contribution in [2.24, 2.45) is 11.7 Å². The molecule has 0 radical (unpaired) electrons. The van der Waals surface area contributed by atoms with E-state index in [0.29, 0.717) is 30.8 Å². The minimum atomic E-state index is -2.26. The van der Waals surface area contributed by atoms with Gasteiger partial charge in [0.25, 0.3) is 0 Å². The van der Waals surface area contributed by atoms with Crippen molar-refractivity contribution in [1.29, 1.82) is 0 Å². The first-order chi connectivity index (χ1) is 12.8. The number of carboxylic acids is 1. The number of nitrogens with zero attached hydrogens (tertiary/aromatic N) is 1. The topological polar surface area (TPSA) is 142 Å². The molecule has 0 saturated carbocycles. The normalized spacial score (nSPS) is 24.6. The molecule has 0 aromatic carbocycles. The van der Waals surface area contributed by atoms with Gasteiger partial charge in [0.2, 0.25) is 17.4 Å². The third kappa shape index (κ3) is 4.20. The van der Waals surface area contributed by atoms with E-state index in [0.717, 1.165) is 12.8 Å². The first-order valence-electron chi connectivity index (χ1n) is 9.57. The second kappa shape index (κ2) is 8.90. The lowest BCUT2D eigenvalue weighted by molar-refractivity contribution is -0.173. The Hall–Kier alpha value is -1.84. The van der Waals surface area contributed by atoms with Crippen molar-refractivity contribution in [2.75, 3.05) is 19.6 Å². The summed E-state index contributed by atoms with van der Waals surface area (Å²) in [5.74, 6) is -3.89. The van der Waals surface area contributed by atoms with Gasteiger partial charge in [-0.25, -0.2) is 4.79 Å². The number of hydrogen-bond acceptors (Lipinski definition) is 7. The lowest BCUT2D eigenvalue weighted by Crippen LogP contribution is -2.70. The number of Topliss-reactive ketones (excluding diaryl/α,β-unsaturated/α-hetero) is 1. The van der Waals surface area contributed by atoms with Crippen LogP contribution in [0.15, 0.2) is 0 Å². The number of carbonyl (C=O) groups is 4. The molecule has 152 valence electrons. The molecule has 27 heavy (non-hydrogen) atoms. The summed E-state index contributed by atoms with van der Waals surface area (Å²) in [5.41, 5.74) is 3.25. The van der Waals surface area contributed by atoms with Crippen molar-refractivity contribution in [1.82, 2.24) is 15.5 Å². The number of amides is 2. The molecule has 2 rings (SSSR count). The van der Waals surface area contributed by atoms with E-state index in [-0.39, 0.29) is 12.3 Å². The largest absolute Gasteiger partial charge is 0.479 e. The maximum Gasteiger partial charge on any atom is 0.338 e. The van der Waals surface area contributed by atoms with Gasteiger partial charge in [-0.15, -0.1) is 0 Å². The van der Waals surface area contributed by atoms with Crippen LogP contribution in [0.25, 0.3) is 0 Å². The van der Waals surface area contributed by atoms with Gasteiger partial charge in [-0.2, -0.15) is 0 Å². The number of nitrogens with two attached hydrogens (primary N) is 1. The Morgan fingerprint density at radius 2 is 1.67 bits per heavy atom. The van der Waals surface area contributed by atoms with Gasteiger partial charge in [-0.05, 0) is 51.1 Å². The lowest BCUT2D eigenvalue weighted by Gasteiger charge is -2.41. The van der Waals surface area contributed by atoms with Gasteiger partial charge in [-0.3, -0.25) is 19.3 Å². The molecule has 2 heterocycles. The van der Waals surface area contributed by atoms with Crippen LogP contribution in [0.1, 0.15) is 46.0 Å². The predicted molar refractivity (Wildman–Crippen MR) is 97.8 cm³/mol. The molecular weight excluding hydrogens is 352 g/mol. The molecule has 9 nitrogen and oxygen atoms in total. The van der Waals surface area contributed by atoms with Gasteiger partial charge >= 0.3 is 5.97 Å². The van der Waals surface area contributed by atoms with Crippen LogP contribution in [0.5, 0.6) is 0 Å². The third-order valence-electron chi connectivity index (χ3n) is 5.23. The molecule has 3 atom stereocenters. The molecule has 2 aliphatic heterocycles. The van der Waals surface area contributed by atoms with Crippen LogP contribution in [0.4, 0.5) is 0 Å². The van der Waals surface area contributed by atoms with Crippen molar-refractivity contribution in [3.63, 3.8) is 0 Å². The van der Waals surface area contributed by atoms with E-state index in [2.05, 4.69) is 10.6 Å². The zero-order valence-corrected chi connectivity index (χ0v) is 16.0. The third-order valence-corrected chi connectivity index (χ3v) is 5.23. The summed E-state index contributed by atoms with van der Waals surface area (Å²) in [7, 11) is 0. The summed E-state index contributed by atoms with van der Waals surface area (Å²) < 4.78 is 0. The van der Waals surface area contributed by atoms with Crippen LogP contribution < -0.4 is 16.4 Å². The number of ketones is 1. The second-order valence-electron chi connectivity index (χ2n) is 7.70. The molecule has 0 aromatic heterocycles.